The molecule has 4 atom stereocenters. The van der Waals surface area contributed by atoms with Crippen LogP contribution in [-0.4, -0.2) is 68.4 Å². The molecule has 0 aromatic heterocycles. The lowest BCUT2D eigenvalue weighted by Crippen LogP contribution is -2.75. The lowest BCUT2D eigenvalue weighted by molar-refractivity contribution is -0.221. The average molecular weight is 301 g/mol. The molecule has 21 heavy (non-hydrogen) atoms. The van der Waals surface area contributed by atoms with Gasteiger partial charge < -0.3 is 30.5 Å². The van der Waals surface area contributed by atoms with E-state index in [0.717, 1.165) is 6.92 Å². The van der Waals surface area contributed by atoms with E-state index in [1.54, 1.807) is 0 Å². The molecule has 3 rings (SSSR count). The smallest absolute Gasteiger partial charge is 0.258 e. The van der Waals surface area contributed by atoms with E-state index in [1.807, 2.05) is 0 Å². The van der Waals surface area contributed by atoms with Crippen molar-refractivity contribution < 1.29 is 34.8 Å². The first-order chi connectivity index (χ1) is 9.60. The molecule has 8 nitrogen and oxygen atoms in total. The van der Waals surface area contributed by atoms with Gasteiger partial charge in [0.2, 0.25) is 5.72 Å². The third kappa shape index (κ3) is 2.19. The number of aliphatic hydroxyl groups excluding tert-OH is 2. The third-order valence-electron chi connectivity index (χ3n) is 4.13. The Labute approximate surface area is 121 Å². The molecule has 3 aliphatic rings. The number of aliphatic hydroxyl groups is 4. The summed E-state index contributed by atoms with van der Waals surface area (Å²) in [7, 11) is 0. The van der Waals surface area contributed by atoms with Crippen molar-refractivity contribution in [1.82, 2.24) is 5.32 Å². The van der Waals surface area contributed by atoms with Gasteiger partial charge in [-0.15, -0.1) is 0 Å². The monoisotopic (exact) mass is 301 g/mol. The van der Waals surface area contributed by atoms with E-state index in [-0.39, 0.29) is 18.6 Å². The highest BCUT2D eigenvalue weighted by atomic mass is 16.5. The van der Waals surface area contributed by atoms with Gasteiger partial charge in [-0.3, -0.25) is 9.59 Å². The average Bonchev–Trinajstić information content (AvgIpc) is 2.42. The number of carbonyl (C=O) groups excluding carboxylic acids is 2. The van der Waals surface area contributed by atoms with Gasteiger partial charge in [-0.2, -0.15) is 0 Å². The summed E-state index contributed by atoms with van der Waals surface area (Å²) >= 11 is 0. The van der Waals surface area contributed by atoms with Crippen LogP contribution in [0.15, 0.2) is 12.2 Å². The second-order valence-corrected chi connectivity index (χ2v) is 5.77. The third-order valence-corrected chi connectivity index (χ3v) is 4.13. The minimum absolute atomic E-state index is 0.0690. The van der Waals surface area contributed by atoms with E-state index in [0.29, 0.717) is 0 Å². The molecule has 0 unspecified atom stereocenters. The van der Waals surface area contributed by atoms with Crippen LogP contribution in [0.4, 0.5) is 0 Å². The summed E-state index contributed by atoms with van der Waals surface area (Å²) in [5.41, 5.74) is -6.20. The largest absolute Gasteiger partial charge is 0.393 e. The zero-order valence-corrected chi connectivity index (χ0v) is 11.6. The van der Waals surface area contributed by atoms with Crippen LogP contribution >= 0.6 is 0 Å². The minimum atomic E-state index is -2.19. The fraction of sp³-hybridized carbons (Fsp3) is 0.692. The molecule has 0 radical (unpaired) electrons. The summed E-state index contributed by atoms with van der Waals surface area (Å²) < 4.78 is 5.38. The van der Waals surface area contributed by atoms with Gasteiger partial charge in [0.15, 0.2) is 11.4 Å². The first kappa shape index (κ1) is 16.1. The molecule has 3 fully saturated rings. The van der Waals surface area contributed by atoms with Crippen molar-refractivity contribution in [2.45, 2.75) is 42.8 Å². The topological polar surface area (TPSA) is 136 Å². The zero-order chi connectivity index (χ0) is 16.1. The van der Waals surface area contributed by atoms with Gasteiger partial charge in [-0.05, 0) is 18.9 Å². The second kappa shape index (κ2) is 4.85. The molecule has 3 heterocycles. The molecule has 118 valence electrons. The quantitative estimate of drug-likeness (QED) is 0.366. The lowest BCUT2D eigenvalue weighted by Gasteiger charge is -2.49. The maximum atomic E-state index is 12.3. The normalized spacial score (nSPS) is 37.5. The van der Waals surface area contributed by atoms with Gasteiger partial charge in [0.25, 0.3) is 5.91 Å². The number of hydrogen-bond acceptors (Lipinski definition) is 7. The summed E-state index contributed by atoms with van der Waals surface area (Å²) in [5.74, 6) is -1.73. The minimum Gasteiger partial charge on any atom is -0.393 e. The van der Waals surface area contributed by atoms with Crippen LogP contribution in [0.2, 0.25) is 0 Å². The lowest BCUT2D eigenvalue weighted by atomic mass is 9.74. The van der Waals surface area contributed by atoms with Crippen molar-refractivity contribution in [2.75, 3.05) is 13.2 Å². The van der Waals surface area contributed by atoms with Crippen LogP contribution in [0.1, 0.15) is 19.8 Å². The number of amides is 1. The molecule has 0 saturated carbocycles. The Kier molecular flexibility index (Phi) is 3.71. The fourth-order valence-electron chi connectivity index (χ4n) is 2.61. The van der Waals surface area contributed by atoms with Gasteiger partial charge in [0.05, 0.1) is 19.6 Å². The Balaban J connectivity index is 2.47. The molecule has 8 heteroatoms. The van der Waals surface area contributed by atoms with Crippen LogP contribution in [0.5, 0.6) is 0 Å². The maximum absolute atomic E-state index is 12.3. The molecule has 2 bridgehead atoms. The van der Waals surface area contributed by atoms with Crippen molar-refractivity contribution >= 4 is 11.7 Å². The van der Waals surface area contributed by atoms with E-state index in [2.05, 4.69) is 11.9 Å². The number of ether oxygens (including phenoxy) is 1. The van der Waals surface area contributed by atoms with Crippen molar-refractivity contribution in [1.29, 1.82) is 0 Å². The molecule has 1 amide bonds. The van der Waals surface area contributed by atoms with E-state index < -0.39 is 47.7 Å². The summed E-state index contributed by atoms with van der Waals surface area (Å²) in [5, 5.41) is 41.8. The Morgan fingerprint density at radius 2 is 2.14 bits per heavy atom. The summed E-state index contributed by atoms with van der Waals surface area (Å²) in [6.45, 7) is 3.78. The number of Topliss-reactive ketones (excluding diaryl/α,β-unsaturated/α-hetero) is 1. The first-order valence-electron chi connectivity index (χ1n) is 6.52. The van der Waals surface area contributed by atoms with E-state index >= 15 is 0 Å². The van der Waals surface area contributed by atoms with Crippen molar-refractivity contribution in [3.05, 3.63) is 12.2 Å². The van der Waals surface area contributed by atoms with Gasteiger partial charge in [0.1, 0.15) is 11.7 Å². The second-order valence-electron chi connectivity index (χ2n) is 5.77. The van der Waals surface area contributed by atoms with E-state index in [4.69, 9.17) is 9.84 Å². The van der Waals surface area contributed by atoms with Crippen molar-refractivity contribution in [3.8, 4) is 0 Å². The Morgan fingerprint density at radius 1 is 1.52 bits per heavy atom. The number of nitrogens with one attached hydrogen (secondary N) is 1. The van der Waals surface area contributed by atoms with Gasteiger partial charge >= 0.3 is 0 Å². The SMILES string of the molecule is C=C1CCO[C@]2([C@H](O)[C@@](C)(O)CO)CC(=O)[C@@]1(O)NC2=O. The van der Waals surface area contributed by atoms with E-state index in [9.17, 15) is 24.9 Å². The molecule has 5 N–H and O–H groups in total. The number of carbonyl (C=O) groups is 2. The number of hydrogen-bond donors (Lipinski definition) is 5. The van der Waals surface area contributed by atoms with Crippen LogP contribution in [0, 0.1) is 0 Å². The summed E-state index contributed by atoms with van der Waals surface area (Å²) in [6.07, 6.45) is -2.39. The molecule has 0 spiro atoms. The van der Waals surface area contributed by atoms with E-state index in [1.165, 1.54) is 0 Å². The Morgan fingerprint density at radius 3 is 2.71 bits per heavy atom. The molecule has 0 aliphatic carbocycles. The number of ketones is 1. The Hall–Kier alpha value is -1.32. The molecule has 3 aliphatic heterocycles. The maximum Gasteiger partial charge on any atom is 0.258 e. The molecule has 0 aromatic carbocycles. The highest BCUT2D eigenvalue weighted by molar-refractivity contribution is 6.04. The van der Waals surface area contributed by atoms with Gasteiger partial charge in [0, 0.05) is 0 Å². The summed E-state index contributed by atoms with van der Waals surface area (Å²) in [4.78, 5) is 24.5. The summed E-state index contributed by atoms with van der Waals surface area (Å²) in [6, 6.07) is 0. The predicted octanol–water partition coefficient (Wildman–Crippen LogP) is -2.42. The standard InChI is InChI=1S/C13H19NO7/c1-7-3-4-21-12(9(17)11(2,19)6-15)5-8(16)13(7,20)14-10(12)18/h9,15,17,19-20H,1,3-6H2,2H3,(H,14,18)/t9-,11+,12+,13-/m1/s1. The van der Waals surface area contributed by atoms with Crippen molar-refractivity contribution in [2.24, 2.45) is 0 Å². The fourth-order valence-corrected chi connectivity index (χ4v) is 2.61. The van der Waals surface area contributed by atoms with Crippen molar-refractivity contribution in [3.63, 3.8) is 0 Å². The van der Waals surface area contributed by atoms with Gasteiger partial charge in [-0.25, -0.2) is 0 Å². The Bertz CT molecular complexity index is 503. The van der Waals surface area contributed by atoms with Crippen LogP contribution in [-0.2, 0) is 14.3 Å². The predicted molar refractivity (Wildman–Crippen MR) is 68.9 cm³/mol. The highest BCUT2D eigenvalue weighted by Gasteiger charge is 2.62. The molecular weight excluding hydrogens is 282 g/mol. The number of fused-ring (bicyclic) bond motifs is 5. The zero-order valence-electron chi connectivity index (χ0n) is 11.6. The van der Waals surface area contributed by atoms with Gasteiger partial charge in [-0.1, -0.05) is 6.58 Å². The van der Waals surface area contributed by atoms with Crippen LogP contribution in [0.25, 0.3) is 0 Å². The first-order valence-corrected chi connectivity index (χ1v) is 6.52. The van der Waals surface area contributed by atoms with Crippen LogP contribution in [0.3, 0.4) is 0 Å². The molecular formula is C13H19NO7. The molecule has 0 aromatic rings. The highest BCUT2D eigenvalue weighted by Crippen LogP contribution is 2.38. The molecule has 3 saturated heterocycles. The van der Waals surface area contributed by atoms with Crippen LogP contribution < -0.4 is 5.32 Å². The number of rotatable bonds is 3. The number of piperidine rings is 1.